The lowest BCUT2D eigenvalue weighted by atomic mass is 10.4. The van der Waals surface area contributed by atoms with E-state index in [9.17, 15) is 14.4 Å². The Kier molecular flexibility index (Phi) is 7.17. The van der Waals surface area contributed by atoms with Gasteiger partial charge in [0.15, 0.2) is 0 Å². The normalized spacial score (nSPS) is 10.9. The van der Waals surface area contributed by atoms with Gasteiger partial charge >= 0.3 is 17.1 Å². The first-order valence-corrected chi connectivity index (χ1v) is 7.62. The number of thiol groups is 2. The molecular formula is C11H19N3O4S2. The van der Waals surface area contributed by atoms with Gasteiger partial charge in [0.2, 0.25) is 0 Å². The van der Waals surface area contributed by atoms with Crippen LogP contribution in [0.4, 0.5) is 0 Å². The monoisotopic (exact) mass is 321 g/mol. The lowest BCUT2D eigenvalue weighted by molar-refractivity contribution is 0.264. The molecule has 0 fully saturated rings. The highest BCUT2D eigenvalue weighted by atomic mass is 32.1. The Bertz CT molecular complexity index is 559. The van der Waals surface area contributed by atoms with Crippen LogP contribution in [0.1, 0.15) is 12.8 Å². The molecular weight excluding hydrogens is 302 g/mol. The largest absolute Gasteiger partial charge is 0.395 e. The Labute approximate surface area is 126 Å². The molecule has 0 spiro atoms. The van der Waals surface area contributed by atoms with Crippen molar-refractivity contribution < 1.29 is 5.11 Å². The number of aliphatic hydroxyl groups is 1. The lowest BCUT2D eigenvalue weighted by Crippen LogP contribution is -2.55. The molecule has 9 heteroatoms. The summed E-state index contributed by atoms with van der Waals surface area (Å²) in [5.74, 6) is 1.06. The van der Waals surface area contributed by atoms with Crippen molar-refractivity contribution in [2.24, 2.45) is 0 Å². The van der Waals surface area contributed by atoms with Gasteiger partial charge in [-0.25, -0.2) is 28.1 Å². The fourth-order valence-electron chi connectivity index (χ4n) is 1.81. The molecule has 0 atom stereocenters. The van der Waals surface area contributed by atoms with E-state index in [4.69, 9.17) is 5.11 Å². The first-order chi connectivity index (χ1) is 9.58. The van der Waals surface area contributed by atoms with Crippen molar-refractivity contribution in [1.82, 2.24) is 13.7 Å². The Balaban J connectivity index is 3.43. The van der Waals surface area contributed by atoms with Crippen molar-refractivity contribution in [3.63, 3.8) is 0 Å². The molecule has 1 aromatic rings. The highest BCUT2D eigenvalue weighted by Gasteiger charge is 2.14. The third-order valence-corrected chi connectivity index (χ3v) is 3.42. The highest BCUT2D eigenvalue weighted by molar-refractivity contribution is 7.80. The van der Waals surface area contributed by atoms with Crippen molar-refractivity contribution >= 4 is 25.3 Å². The van der Waals surface area contributed by atoms with Crippen LogP contribution >= 0.6 is 25.3 Å². The van der Waals surface area contributed by atoms with Crippen LogP contribution in [0.3, 0.4) is 0 Å². The zero-order valence-electron chi connectivity index (χ0n) is 11.1. The van der Waals surface area contributed by atoms with Gasteiger partial charge in [-0.2, -0.15) is 25.3 Å². The van der Waals surface area contributed by atoms with Gasteiger partial charge in [0.1, 0.15) is 0 Å². The van der Waals surface area contributed by atoms with E-state index in [0.717, 1.165) is 13.7 Å². The molecule has 0 aliphatic carbocycles. The van der Waals surface area contributed by atoms with E-state index in [2.05, 4.69) is 25.3 Å². The molecule has 1 rings (SSSR count). The van der Waals surface area contributed by atoms with Gasteiger partial charge in [-0.3, -0.25) is 0 Å². The fraction of sp³-hybridized carbons (Fsp3) is 0.727. The summed E-state index contributed by atoms with van der Waals surface area (Å²) in [4.78, 5) is 36.4. The van der Waals surface area contributed by atoms with Crippen molar-refractivity contribution in [2.75, 3.05) is 18.1 Å². The molecule has 0 bridgehead atoms. The van der Waals surface area contributed by atoms with Crippen LogP contribution in [0.5, 0.6) is 0 Å². The number of hydrogen-bond acceptors (Lipinski definition) is 6. The van der Waals surface area contributed by atoms with E-state index in [1.165, 1.54) is 0 Å². The van der Waals surface area contributed by atoms with Crippen LogP contribution in [0.15, 0.2) is 14.4 Å². The first kappa shape index (κ1) is 17.1. The minimum atomic E-state index is -0.682. The summed E-state index contributed by atoms with van der Waals surface area (Å²) in [5.41, 5.74) is -1.98. The highest BCUT2D eigenvalue weighted by Crippen LogP contribution is 1.88. The maximum atomic E-state index is 12.2. The van der Waals surface area contributed by atoms with Gasteiger partial charge < -0.3 is 5.11 Å². The second-order valence-electron chi connectivity index (χ2n) is 4.18. The molecule has 1 N–H and O–H groups in total. The number of nitrogens with zero attached hydrogens (tertiary/aromatic N) is 3. The molecule has 114 valence electrons. The van der Waals surface area contributed by atoms with Gasteiger partial charge in [0, 0.05) is 13.1 Å². The SMILES string of the molecule is O=c1n(CCO)c(=O)n(CCCS)c(=O)n1CCCS. The van der Waals surface area contributed by atoms with Crippen LogP contribution < -0.4 is 17.1 Å². The average molecular weight is 321 g/mol. The molecule has 0 saturated carbocycles. The van der Waals surface area contributed by atoms with Gasteiger partial charge in [-0.1, -0.05) is 0 Å². The van der Waals surface area contributed by atoms with Crippen LogP contribution in [0.2, 0.25) is 0 Å². The maximum absolute atomic E-state index is 12.2. The smallest absolute Gasteiger partial charge is 0.336 e. The van der Waals surface area contributed by atoms with Crippen LogP contribution in [-0.4, -0.2) is 36.9 Å². The third-order valence-electron chi connectivity index (χ3n) is 2.79. The Morgan fingerprint density at radius 1 is 0.750 bits per heavy atom. The molecule has 20 heavy (non-hydrogen) atoms. The second kappa shape index (κ2) is 8.38. The lowest BCUT2D eigenvalue weighted by Gasteiger charge is -2.12. The first-order valence-electron chi connectivity index (χ1n) is 6.35. The summed E-state index contributed by atoms with van der Waals surface area (Å²) in [6.07, 6.45) is 1.09. The van der Waals surface area contributed by atoms with E-state index >= 15 is 0 Å². The van der Waals surface area contributed by atoms with Crippen LogP contribution in [0, 0.1) is 0 Å². The zero-order valence-corrected chi connectivity index (χ0v) is 12.9. The van der Waals surface area contributed by atoms with Crippen molar-refractivity contribution in [1.29, 1.82) is 0 Å². The Morgan fingerprint density at radius 2 is 1.10 bits per heavy atom. The summed E-state index contributed by atoms with van der Waals surface area (Å²) in [7, 11) is 0. The number of rotatable bonds is 8. The van der Waals surface area contributed by atoms with Crippen LogP contribution in [0.25, 0.3) is 0 Å². The van der Waals surface area contributed by atoms with E-state index in [1.807, 2.05) is 0 Å². The van der Waals surface area contributed by atoms with Crippen molar-refractivity contribution in [2.45, 2.75) is 32.5 Å². The third kappa shape index (κ3) is 3.80. The van der Waals surface area contributed by atoms with E-state index < -0.39 is 17.1 Å². The number of aliphatic hydroxyl groups excluding tert-OH is 1. The minimum Gasteiger partial charge on any atom is -0.395 e. The summed E-state index contributed by atoms with van der Waals surface area (Å²) in [5, 5.41) is 8.95. The molecule has 7 nitrogen and oxygen atoms in total. The van der Waals surface area contributed by atoms with E-state index in [0.29, 0.717) is 24.3 Å². The van der Waals surface area contributed by atoms with Gasteiger partial charge in [0.05, 0.1) is 13.2 Å². The molecule has 1 aromatic heterocycles. The molecule has 0 unspecified atom stereocenters. The van der Waals surface area contributed by atoms with E-state index in [1.54, 1.807) is 0 Å². The zero-order chi connectivity index (χ0) is 15.1. The van der Waals surface area contributed by atoms with Gasteiger partial charge in [-0.15, -0.1) is 0 Å². The summed E-state index contributed by atoms with van der Waals surface area (Å²) < 4.78 is 2.93. The quantitative estimate of drug-likeness (QED) is 0.525. The molecule has 0 aromatic carbocycles. The summed E-state index contributed by atoms with van der Waals surface area (Å²) >= 11 is 8.09. The van der Waals surface area contributed by atoms with Crippen LogP contribution in [-0.2, 0) is 19.6 Å². The Hall–Kier alpha value is -0.930. The Morgan fingerprint density at radius 3 is 1.40 bits per heavy atom. The standard InChI is InChI=1S/C11H19N3O4S2/c15-6-5-14-10(17)12(3-1-7-19)9(16)13(11(14)18)4-2-8-20/h15,19-20H,1-8H2. The fourth-order valence-corrected chi connectivity index (χ4v) is 2.10. The average Bonchev–Trinajstić information content (AvgIpc) is 2.43. The minimum absolute atomic E-state index is 0.125. The van der Waals surface area contributed by atoms with Crippen molar-refractivity contribution in [3.8, 4) is 0 Å². The predicted octanol–water partition coefficient (Wildman–Crippen LogP) is -1.20. The molecule has 0 aliphatic rings. The molecule has 0 saturated heterocycles. The number of hydrogen-bond donors (Lipinski definition) is 3. The predicted molar refractivity (Wildman–Crippen MR) is 83.2 cm³/mol. The molecule has 0 radical (unpaired) electrons. The van der Waals surface area contributed by atoms with Crippen molar-refractivity contribution in [3.05, 3.63) is 31.5 Å². The molecule has 0 amide bonds. The summed E-state index contributed by atoms with van der Waals surface area (Å²) in [6, 6.07) is 0. The van der Waals surface area contributed by atoms with Gasteiger partial charge in [-0.05, 0) is 24.3 Å². The number of aromatic nitrogens is 3. The van der Waals surface area contributed by atoms with Gasteiger partial charge in [0.25, 0.3) is 0 Å². The summed E-state index contributed by atoms with van der Waals surface area (Å²) in [6.45, 7) is -0.0618. The maximum Gasteiger partial charge on any atom is 0.336 e. The van der Waals surface area contributed by atoms with E-state index in [-0.39, 0.29) is 26.2 Å². The molecule has 1 heterocycles. The second-order valence-corrected chi connectivity index (χ2v) is 5.07. The molecule has 0 aliphatic heterocycles. The topological polar surface area (TPSA) is 86.2 Å².